The highest BCUT2D eigenvalue weighted by Crippen LogP contribution is 2.38. The minimum atomic E-state index is -1.68. The second-order valence-corrected chi connectivity index (χ2v) is 5.27. The molecule has 0 aromatic heterocycles. The lowest BCUT2D eigenvalue weighted by atomic mass is 9.76. The molecule has 2 N–H and O–H groups in total. The van der Waals surface area contributed by atoms with E-state index in [4.69, 9.17) is 37.4 Å². The number of fused-ring (bicyclic) bond motifs is 1. The van der Waals surface area contributed by atoms with Gasteiger partial charge in [0.25, 0.3) is 5.91 Å². The predicted octanol–water partition coefficient (Wildman–Crippen LogP) is 1.53. The molecule has 0 aliphatic carbocycles. The quantitative estimate of drug-likeness (QED) is 0.649. The van der Waals surface area contributed by atoms with Gasteiger partial charge in [0.2, 0.25) is 0 Å². The molecule has 0 saturated carbocycles. The molecule has 0 fully saturated rings. The molecule has 8 heteroatoms. The van der Waals surface area contributed by atoms with Crippen LogP contribution in [0.5, 0.6) is 11.5 Å². The smallest absolute Gasteiger partial charge is 0.257 e. The third kappa shape index (κ3) is 3.65. The molecule has 1 heterocycles. The summed E-state index contributed by atoms with van der Waals surface area (Å²) in [6, 6.07) is 13.7. The monoisotopic (exact) mass is 320 g/mol. The van der Waals surface area contributed by atoms with Crippen LogP contribution in [0, 0.1) is 0 Å². The summed E-state index contributed by atoms with van der Waals surface area (Å²) in [6.07, 6.45) is 0. The molecule has 1 aliphatic heterocycles. The molecule has 0 saturated heterocycles. The van der Waals surface area contributed by atoms with Gasteiger partial charge >= 0.3 is 0 Å². The molecular weight excluding hydrogens is 310 g/mol. The summed E-state index contributed by atoms with van der Waals surface area (Å²) < 4.78 is 10.4. The molecule has 2 aromatic carbocycles. The molecule has 23 heavy (non-hydrogen) atoms. The normalized spacial score (nSPS) is 14.1. The number of amides is 1. The van der Waals surface area contributed by atoms with E-state index in [0.29, 0.717) is 22.7 Å². The Morgan fingerprint density at radius 1 is 1.04 bits per heavy atom. The van der Waals surface area contributed by atoms with Crippen LogP contribution in [0.25, 0.3) is 0 Å². The van der Waals surface area contributed by atoms with Crippen molar-refractivity contribution in [2.24, 2.45) is 0 Å². The van der Waals surface area contributed by atoms with Gasteiger partial charge in [0, 0.05) is 17.3 Å². The lowest BCUT2D eigenvalue weighted by Crippen LogP contribution is -2.39. The van der Waals surface area contributed by atoms with E-state index in [1.54, 1.807) is 42.5 Å². The van der Waals surface area contributed by atoms with Crippen molar-refractivity contribution in [3.63, 3.8) is 0 Å². The van der Waals surface area contributed by atoms with Gasteiger partial charge in [-0.25, -0.2) is 0 Å². The predicted molar refractivity (Wildman–Crippen MR) is 92.1 cm³/mol. The maximum absolute atomic E-state index is 12.0. The molecule has 0 bridgehead atoms. The Kier molecular flexibility index (Phi) is 4.00. The number of carbonyl (C=O) groups is 1. The first-order chi connectivity index (χ1) is 10.9. The molecule has 5 nitrogen and oxygen atoms in total. The molecular formula is C15H10B2N2O3S. The molecule has 3 rings (SSSR count). The van der Waals surface area contributed by atoms with E-state index < -0.39 is 5.59 Å². The van der Waals surface area contributed by atoms with Gasteiger partial charge in [-0.05, 0) is 36.5 Å². The molecule has 4 radical (unpaired) electrons. The van der Waals surface area contributed by atoms with Crippen molar-refractivity contribution in [1.82, 2.24) is 5.32 Å². The summed E-state index contributed by atoms with van der Waals surface area (Å²) in [7, 11) is 11.1. The topological polar surface area (TPSA) is 59.6 Å². The highest BCUT2D eigenvalue weighted by Gasteiger charge is 2.30. The van der Waals surface area contributed by atoms with Crippen LogP contribution < -0.4 is 20.1 Å². The van der Waals surface area contributed by atoms with E-state index in [2.05, 4.69) is 10.6 Å². The zero-order chi connectivity index (χ0) is 16.4. The van der Waals surface area contributed by atoms with Crippen molar-refractivity contribution >= 4 is 44.6 Å². The third-order valence-corrected chi connectivity index (χ3v) is 3.21. The minimum Gasteiger partial charge on any atom is -0.468 e. The number of hydrogen-bond donors (Lipinski definition) is 2. The van der Waals surface area contributed by atoms with Gasteiger partial charge < -0.3 is 14.8 Å². The Morgan fingerprint density at radius 2 is 1.74 bits per heavy atom. The molecule has 0 spiro atoms. The van der Waals surface area contributed by atoms with Gasteiger partial charge in [0.05, 0.1) is 0 Å². The summed E-state index contributed by atoms with van der Waals surface area (Å²) in [6.45, 7) is 0. The summed E-state index contributed by atoms with van der Waals surface area (Å²) >= 11 is 5.12. The number of ether oxygens (including phenoxy) is 2. The van der Waals surface area contributed by atoms with Crippen LogP contribution in [0.1, 0.15) is 10.4 Å². The molecule has 0 unspecified atom stereocenters. The lowest BCUT2D eigenvalue weighted by Gasteiger charge is -2.18. The largest absolute Gasteiger partial charge is 0.468 e. The van der Waals surface area contributed by atoms with E-state index >= 15 is 0 Å². The maximum atomic E-state index is 12.0. The Bertz CT molecular complexity index is 769. The van der Waals surface area contributed by atoms with Crippen LogP contribution in [0.15, 0.2) is 48.5 Å². The number of nitrogens with one attached hydrogen (secondary N) is 2. The van der Waals surface area contributed by atoms with Crippen LogP contribution >= 0.6 is 12.2 Å². The fraction of sp³-hybridized carbons (Fsp3) is 0.0667. The van der Waals surface area contributed by atoms with E-state index in [1.165, 1.54) is 0 Å². The Hall–Kier alpha value is -2.47. The van der Waals surface area contributed by atoms with Crippen LogP contribution in [0.2, 0.25) is 0 Å². The number of hydrogen-bond acceptors (Lipinski definition) is 4. The molecule has 1 amide bonds. The summed E-state index contributed by atoms with van der Waals surface area (Å²) in [5.41, 5.74) is -0.565. The van der Waals surface area contributed by atoms with Gasteiger partial charge in [-0.3, -0.25) is 10.1 Å². The molecule has 0 atom stereocenters. The first-order valence-corrected chi connectivity index (χ1v) is 7.11. The minimum absolute atomic E-state index is 0.157. The van der Waals surface area contributed by atoms with E-state index in [9.17, 15) is 4.79 Å². The summed E-state index contributed by atoms with van der Waals surface area (Å²) in [5.74, 6) is 0.517. The average molecular weight is 320 g/mol. The van der Waals surface area contributed by atoms with Gasteiger partial charge in [-0.15, -0.1) is 0 Å². The summed E-state index contributed by atoms with van der Waals surface area (Å²) in [5, 5.41) is 5.63. The van der Waals surface area contributed by atoms with Gasteiger partial charge in [-0.2, -0.15) is 0 Å². The number of benzene rings is 2. The Morgan fingerprint density at radius 3 is 2.48 bits per heavy atom. The van der Waals surface area contributed by atoms with Crippen LogP contribution in [0.4, 0.5) is 5.69 Å². The highest BCUT2D eigenvalue weighted by molar-refractivity contribution is 7.80. The van der Waals surface area contributed by atoms with E-state index in [-0.39, 0.29) is 11.0 Å². The first kappa shape index (κ1) is 15.4. The molecule has 2 aromatic rings. The lowest BCUT2D eigenvalue weighted by molar-refractivity contribution is 0.0833. The standard InChI is InChI=1S/C15H10B2N2O3S/c16-15(17)21-11-7-6-10(8-12(11)22-15)18-14(23)19-13(20)9-4-2-1-3-5-9/h1-8H,(H2,18,19,20,23). The molecule has 110 valence electrons. The number of thiocarbonyl (C=S) groups is 1. The number of rotatable bonds is 2. The first-order valence-electron chi connectivity index (χ1n) is 6.70. The van der Waals surface area contributed by atoms with Crippen molar-refractivity contribution in [3.05, 3.63) is 54.1 Å². The SMILES string of the molecule is [B]C1([B])Oc2ccc(NC(=S)NC(=O)c3ccccc3)cc2O1. The number of anilines is 1. The fourth-order valence-corrected chi connectivity index (χ4v) is 2.25. The fourth-order valence-electron chi connectivity index (χ4n) is 2.04. The van der Waals surface area contributed by atoms with Gasteiger partial charge in [0.1, 0.15) is 0 Å². The number of carbonyl (C=O) groups excluding carboxylic acids is 1. The highest BCUT2D eigenvalue weighted by atomic mass is 32.1. The van der Waals surface area contributed by atoms with Crippen molar-refractivity contribution in [2.75, 3.05) is 5.32 Å². The van der Waals surface area contributed by atoms with Crippen molar-refractivity contribution < 1.29 is 14.3 Å². The van der Waals surface area contributed by atoms with E-state index in [1.807, 2.05) is 6.07 Å². The van der Waals surface area contributed by atoms with Crippen LogP contribution in [-0.4, -0.2) is 32.3 Å². The van der Waals surface area contributed by atoms with Crippen molar-refractivity contribution in [2.45, 2.75) is 5.59 Å². The Balaban J connectivity index is 1.64. The Labute approximate surface area is 141 Å². The average Bonchev–Trinajstić information content (AvgIpc) is 2.81. The zero-order valence-corrected chi connectivity index (χ0v) is 12.7. The van der Waals surface area contributed by atoms with Crippen LogP contribution in [-0.2, 0) is 0 Å². The van der Waals surface area contributed by atoms with Crippen molar-refractivity contribution in [3.8, 4) is 11.5 Å². The van der Waals surface area contributed by atoms with Crippen molar-refractivity contribution in [1.29, 1.82) is 0 Å². The summed E-state index contributed by atoms with van der Waals surface area (Å²) in [4.78, 5) is 12.0. The van der Waals surface area contributed by atoms with Gasteiger partial charge in [0.15, 0.2) is 37.9 Å². The van der Waals surface area contributed by atoms with Gasteiger partial charge in [-0.1, -0.05) is 18.2 Å². The maximum Gasteiger partial charge on any atom is 0.257 e. The second kappa shape index (κ2) is 5.96. The molecule has 1 aliphatic rings. The van der Waals surface area contributed by atoms with Crippen LogP contribution in [0.3, 0.4) is 0 Å². The third-order valence-electron chi connectivity index (χ3n) is 3.00. The second-order valence-electron chi connectivity index (χ2n) is 4.86. The zero-order valence-electron chi connectivity index (χ0n) is 11.9. The van der Waals surface area contributed by atoms with E-state index in [0.717, 1.165) is 0 Å².